The summed E-state index contributed by atoms with van der Waals surface area (Å²) in [5.74, 6) is 2.52. The largest absolute Gasteiger partial charge is 0.339 e. The molecule has 2 bridgehead atoms. The van der Waals surface area contributed by atoms with Crippen molar-refractivity contribution in [2.24, 2.45) is 11.8 Å². The van der Waals surface area contributed by atoms with E-state index in [1.807, 2.05) is 11.0 Å². The van der Waals surface area contributed by atoms with Crippen molar-refractivity contribution in [1.82, 2.24) is 25.1 Å². The SMILES string of the molecule is Cl.Cl.Cl.O=C(CCC[C@H]1NC[C@@H]2C[C@H]1CN(Cc1ccccc1)C2)N1CCN(c2ncccn2)CC1. The Kier molecular flexibility index (Phi) is 12.7. The molecule has 0 aliphatic carbocycles. The van der Waals surface area contributed by atoms with Gasteiger partial charge in [0.25, 0.3) is 0 Å². The maximum Gasteiger partial charge on any atom is 0.225 e. The van der Waals surface area contributed by atoms with Gasteiger partial charge >= 0.3 is 0 Å². The Morgan fingerprint density at radius 1 is 0.944 bits per heavy atom. The highest BCUT2D eigenvalue weighted by Crippen LogP contribution is 2.31. The Bertz CT molecular complexity index is 901. The molecular weight excluding hydrogens is 519 g/mol. The number of halogens is 3. The molecule has 3 atom stereocenters. The van der Waals surface area contributed by atoms with Crippen molar-refractivity contribution in [3.8, 4) is 0 Å². The van der Waals surface area contributed by atoms with Crippen molar-refractivity contribution >= 4 is 49.1 Å². The van der Waals surface area contributed by atoms with Crippen LogP contribution in [-0.2, 0) is 11.3 Å². The highest BCUT2D eigenvalue weighted by Gasteiger charge is 2.36. The van der Waals surface area contributed by atoms with E-state index in [1.165, 1.54) is 25.1 Å². The first-order chi connectivity index (χ1) is 16.2. The lowest BCUT2D eigenvalue weighted by molar-refractivity contribution is -0.131. The van der Waals surface area contributed by atoms with Gasteiger partial charge in [-0.05, 0) is 49.3 Å². The Labute approximate surface area is 233 Å². The molecule has 36 heavy (non-hydrogen) atoms. The van der Waals surface area contributed by atoms with Crippen LogP contribution >= 0.6 is 37.2 Å². The average molecular weight is 558 g/mol. The summed E-state index contributed by atoms with van der Waals surface area (Å²) >= 11 is 0. The summed E-state index contributed by atoms with van der Waals surface area (Å²) in [6, 6.07) is 13.2. The third-order valence-corrected chi connectivity index (χ3v) is 7.51. The topological polar surface area (TPSA) is 64.6 Å². The highest BCUT2D eigenvalue weighted by atomic mass is 35.5. The number of fused-ring (bicyclic) bond motifs is 2. The fourth-order valence-corrected chi connectivity index (χ4v) is 5.82. The molecule has 0 spiro atoms. The smallest absolute Gasteiger partial charge is 0.225 e. The van der Waals surface area contributed by atoms with Crippen molar-refractivity contribution in [1.29, 1.82) is 0 Å². The number of benzene rings is 1. The van der Waals surface area contributed by atoms with E-state index in [0.717, 1.165) is 64.0 Å². The zero-order valence-corrected chi connectivity index (χ0v) is 23.2. The minimum atomic E-state index is 0. The first kappa shape index (κ1) is 30.6. The number of rotatable bonds is 7. The number of carbonyl (C=O) groups is 1. The van der Waals surface area contributed by atoms with Crippen molar-refractivity contribution in [2.45, 2.75) is 38.3 Å². The molecule has 10 heteroatoms. The van der Waals surface area contributed by atoms with Gasteiger partial charge in [0.2, 0.25) is 11.9 Å². The number of hydrogen-bond donors (Lipinski definition) is 1. The molecule has 3 fully saturated rings. The fraction of sp³-hybridized carbons (Fsp3) is 0.577. The number of likely N-dealkylation sites (tertiary alicyclic amines) is 1. The molecule has 1 aromatic carbocycles. The monoisotopic (exact) mass is 556 g/mol. The third kappa shape index (κ3) is 7.93. The first-order valence-corrected chi connectivity index (χ1v) is 12.5. The number of amides is 1. The molecule has 1 aromatic heterocycles. The van der Waals surface area contributed by atoms with Crippen LogP contribution in [0.5, 0.6) is 0 Å². The number of carbonyl (C=O) groups excluding carboxylic acids is 1. The van der Waals surface area contributed by atoms with Crippen molar-refractivity contribution in [2.75, 3.05) is 50.7 Å². The van der Waals surface area contributed by atoms with E-state index in [9.17, 15) is 4.79 Å². The molecule has 4 heterocycles. The van der Waals surface area contributed by atoms with Crippen LogP contribution in [0.2, 0.25) is 0 Å². The van der Waals surface area contributed by atoms with E-state index < -0.39 is 0 Å². The normalized spacial score (nSPS) is 23.6. The van der Waals surface area contributed by atoms with E-state index >= 15 is 0 Å². The minimum Gasteiger partial charge on any atom is -0.339 e. The van der Waals surface area contributed by atoms with Crippen LogP contribution in [0.15, 0.2) is 48.8 Å². The summed E-state index contributed by atoms with van der Waals surface area (Å²) in [5.41, 5.74) is 1.41. The van der Waals surface area contributed by atoms with Crippen LogP contribution in [0.3, 0.4) is 0 Å². The minimum absolute atomic E-state index is 0. The van der Waals surface area contributed by atoms with Crippen LogP contribution < -0.4 is 10.2 Å². The highest BCUT2D eigenvalue weighted by molar-refractivity contribution is 5.86. The quantitative estimate of drug-likeness (QED) is 0.560. The van der Waals surface area contributed by atoms with Crippen LogP contribution in [0.4, 0.5) is 5.95 Å². The van der Waals surface area contributed by atoms with Crippen LogP contribution in [-0.4, -0.2) is 77.5 Å². The molecular formula is C26H39Cl3N6O. The predicted molar refractivity (Wildman–Crippen MR) is 152 cm³/mol. The van der Waals surface area contributed by atoms with Gasteiger partial charge in [0.05, 0.1) is 0 Å². The molecule has 7 nitrogen and oxygen atoms in total. The zero-order chi connectivity index (χ0) is 22.5. The van der Waals surface area contributed by atoms with E-state index in [4.69, 9.17) is 0 Å². The van der Waals surface area contributed by atoms with Gasteiger partial charge in [-0.15, -0.1) is 37.2 Å². The van der Waals surface area contributed by atoms with Crippen molar-refractivity contribution < 1.29 is 4.79 Å². The van der Waals surface area contributed by atoms with Crippen molar-refractivity contribution in [3.63, 3.8) is 0 Å². The van der Waals surface area contributed by atoms with Gasteiger partial charge in [-0.1, -0.05) is 30.3 Å². The van der Waals surface area contributed by atoms with Gasteiger partial charge < -0.3 is 15.1 Å². The summed E-state index contributed by atoms with van der Waals surface area (Å²) in [7, 11) is 0. The summed E-state index contributed by atoms with van der Waals surface area (Å²) in [6.45, 7) is 7.67. The number of aromatic nitrogens is 2. The molecule has 3 aliphatic heterocycles. The number of nitrogens with zero attached hydrogens (tertiary/aromatic N) is 5. The number of piperidine rings is 2. The lowest BCUT2D eigenvalue weighted by Gasteiger charge is -2.46. The molecule has 3 saturated heterocycles. The van der Waals surface area contributed by atoms with Gasteiger partial charge in [0.15, 0.2) is 0 Å². The molecule has 3 aliphatic rings. The first-order valence-electron chi connectivity index (χ1n) is 12.5. The second-order valence-corrected chi connectivity index (χ2v) is 9.87. The van der Waals surface area contributed by atoms with Gasteiger partial charge in [-0.2, -0.15) is 0 Å². The number of nitrogens with one attached hydrogen (secondary N) is 1. The van der Waals surface area contributed by atoms with Gasteiger partial charge in [0, 0.05) is 70.7 Å². The number of hydrogen-bond acceptors (Lipinski definition) is 6. The molecule has 1 N–H and O–H groups in total. The summed E-state index contributed by atoms with van der Waals surface area (Å²) < 4.78 is 0. The molecule has 1 amide bonds. The van der Waals surface area contributed by atoms with Crippen LogP contribution in [0.1, 0.15) is 31.2 Å². The predicted octanol–water partition coefficient (Wildman–Crippen LogP) is 3.67. The zero-order valence-electron chi connectivity index (χ0n) is 20.7. The van der Waals surface area contributed by atoms with Gasteiger partial charge in [-0.25, -0.2) is 9.97 Å². The molecule has 200 valence electrons. The average Bonchev–Trinajstić information content (AvgIpc) is 2.86. The van der Waals surface area contributed by atoms with Gasteiger partial charge in [-0.3, -0.25) is 9.69 Å². The van der Waals surface area contributed by atoms with Crippen molar-refractivity contribution in [3.05, 3.63) is 54.4 Å². The maximum absolute atomic E-state index is 12.8. The second-order valence-electron chi connectivity index (χ2n) is 9.87. The maximum atomic E-state index is 12.8. The van der Waals surface area contributed by atoms with E-state index in [1.54, 1.807) is 12.4 Å². The van der Waals surface area contributed by atoms with Crippen LogP contribution in [0, 0.1) is 11.8 Å². The Morgan fingerprint density at radius 3 is 2.39 bits per heavy atom. The van der Waals surface area contributed by atoms with E-state index in [2.05, 4.69) is 55.4 Å². The number of piperazine rings is 1. The molecule has 0 unspecified atom stereocenters. The molecule has 0 saturated carbocycles. The van der Waals surface area contributed by atoms with Crippen LogP contribution in [0.25, 0.3) is 0 Å². The van der Waals surface area contributed by atoms with E-state index in [0.29, 0.717) is 24.3 Å². The lowest BCUT2D eigenvalue weighted by Crippen LogP contribution is -2.55. The number of anilines is 1. The summed E-state index contributed by atoms with van der Waals surface area (Å²) in [5, 5.41) is 3.81. The summed E-state index contributed by atoms with van der Waals surface area (Å²) in [6.07, 6.45) is 7.60. The van der Waals surface area contributed by atoms with Gasteiger partial charge in [0.1, 0.15) is 0 Å². The van der Waals surface area contributed by atoms with E-state index in [-0.39, 0.29) is 37.2 Å². The molecule has 0 radical (unpaired) electrons. The molecule has 5 rings (SSSR count). The standard InChI is InChI=1S/C26H36N6O.3ClH/c33-25(31-12-14-32(15-13-31)26-27-10-5-11-28-26)9-4-8-24-23-16-22(17-29-24)19-30(20-23)18-21-6-2-1-3-7-21;;;/h1-3,5-7,10-11,22-24,29H,4,8-9,12-20H2;3*1H/t22-,23-,24+;;;/m0.../s1. The second kappa shape index (κ2) is 14.9. The Balaban J connectivity index is 0.00000152. The Hall–Kier alpha value is -1.64. The molecule has 2 aromatic rings. The lowest BCUT2D eigenvalue weighted by atomic mass is 9.79. The Morgan fingerprint density at radius 2 is 1.67 bits per heavy atom. The third-order valence-electron chi connectivity index (χ3n) is 7.51. The summed E-state index contributed by atoms with van der Waals surface area (Å²) in [4.78, 5) is 28.3. The fourth-order valence-electron chi connectivity index (χ4n) is 5.82.